The van der Waals surface area contributed by atoms with Crippen molar-refractivity contribution in [3.05, 3.63) is 34.9 Å². The molecular formula is C15H17ClFN3O. The van der Waals surface area contributed by atoms with Crippen molar-refractivity contribution < 1.29 is 8.91 Å². The molecule has 112 valence electrons. The maximum Gasteiger partial charge on any atom is 0.228 e. The predicted octanol–water partition coefficient (Wildman–Crippen LogP) is 3.46. The van der Waals surface area contributed by atoms with Gasteiger partial charge in [0.1, 0.15) is 5.82 Å². The van der Waals surface area contributed by atoms with Crippen molar-refractivity contribution in [2.24, 2.45) is 5.92 Å². The molecule has 1 fully saturated rings. The van der Waals surface area contributed by atoms with Gasteiger partial charge in [0.05, 0.1) is 5.02 Å². The Morgan fingerprint density at radius 2 is 2.29 bits per heavy atom. The summed E-state index contributed by atoms with van der Waals surface area (Å²) in [5, 5.41) is 7.69. The second-order valence-electron chi connectivity index (χ2n) is 5.34. The fraction of sp³-hybridized carbons (Fsp3) is 0.467. The summed E-state index contributed by atoms with van der Waals surface area (Å²) >= 11 is 6.02. The molecule has 1 heterocycles. The van der Waals surface area contributed by atoms with E-state index in [1.54, 1.807) is 6.07 Å². The Balaban J connectivity index is 1.76. The van der Waals surface area contributed by atoms with Crippen molar-refractivity contribution in [1.29, 1.82) is 0 Å². The quantitative estimate of drug-likeness (QED) is 0.888. The molecule has 0 bridgehead atoms. The van der Waals surface area contributed by atoms with Crippen LogP contribution in [0.4, 0.5) is 4.39 Å². The molecule has 6 heteroatoms. The van der Waals surface area contributed by atoms with Crippen molar-refractivity contribution >= 4 is 11.6 Å². The molecule has 1 saturated carbocycles. The number of benzene rings is 1. The predicted molar refractivity (Wildman–Crippen MR) is 78.6 cm³/mol. The second kappa shape index (κ2) is 6.12. The van der Waals surface area contributed by atoms with E-state index in [9.17, 15) is 4.39 Å². The smallest absolute Gasteiger partial charge is 0.228 e. The summed E-state index contributed by atoms with van der Waals surface area (Å²) in [5.41, 5.74) is 0.583. The van der Waals surface area contributed by atoms with Crippen LogP contribution in [0.15, 0.2) is 22.7 Å². The number of nitrogens with zero attached hydrogens (tertiary/aromatic N) is 2. The van der Waals surface area contributed by atoms with Gasteiger partial charge in [-0.2, -0.15) is 4.98 Å². The number of nitrogens with one attached hydrogen (secondary N) is 1. The Labute approximate surface area is 127 Å². The van der Waals surface area contributed by atoms with Crippen LogP contribution in [0.25, 0.3) is 11.4 Å². The van der Waals surface area contributed by atoms with E-state index in [0.29, 0.717) is 35.7 Å². The molecule has 1 atom stereocenters. The number of likely N-dealkylation sites (N-methyl/N-ethyl adjacent to an activating group) is 1. The Hall–Kier alpha value is -1.46. The first-order chi connectivity index (χ1) is 10.2. The van der Waals surface area contributed by atoms with Gasteiger partial charge in [0.2, 0.25) is 11.7 Å². The lowest BCUT2D eigenvalue weighted by Gasteiger charge is -2.14. The van der Waals surface area contributed by atoms with Gasteiger partial charge in [-0.1, -0.05) is 23.7 Å². The van der Waals surface area contributed by atoms with Gasteiger partial charge in [0.25, 0.3) is 0 Å². The van der Waals surface area contributed by atoms with Crippen LogP contribution < -0.4 is 5.32 Å². The molecule has 1 N–H and O–H groups in total. The van der Waals surface area contributed by atoms with Crippen LogP contribution in [0.3, 0.4) is 0 Å². The molecule has 0 saturated heterocycles. The van der Waals surface area contributed by atoms with Crippen LogP contribution in [0.1, 0.15) is 25.7 Å². The van der Waals surface area contributed by atoms with Gasteiger partial charge < -0.3 is 9.84 Å². The summed E-state index contributed by atoms with van der Waals surface area (Å²) in [6.45, 7) is 3.01. The molecule has 1 aliphatic carbocycles. The third-order valence-corrected chi connectivity index (χ3v) is 4.00. The van der Waals surface area contributed by atoms with Crippen molar-refractivity contribution in [1.82, 2.24) is 15.5 Å². The van der Waals surface area contributed by atoms with E-state index in [0.717, 1.165) is 6.54 Å². The van der Waals surface area contributed by atoms with Crippen LogP contribution in [0.5, 0.6) is 0 Å². The van der Waals surface area contributed by atoms with Crippen molar-refractivity contribution in [2.75, 3.05) is 6.54 Å². The zero-order valence-electron chi connectivity index (χ0n) is 11.8. The summed E-state index contributed by atoms with van der Waals surface area (Å²) in [6, 6.07) is 4.53. The molecule has 0 radical (unpaired) electrons. The number of hydrogen-bond acceptors (Lipinski definition) is 4. The molecule has 1 unspecified atom stereocenters. The van der Waals surface area contributed by atoms with Crippen LogP contribution in [0, 0.1) is 11.7 Å². The Morgan fingerprint density at radius 3 is 2.95 bits per heavy atom. The average Bonchev–Trinajstić information content (AvgIpc) is 3.19. The Morgan fingerprint density at radius 1 is 1.48 bits per heavy atom. The van der Waals surface area contributed by atoms with E-state index >= 15 is 0 Å². The monoisotopic (exact) mass is 309 g/mol. The maximum atomic E-state index is 13.1. The van der Waals surface area contributed by atoms with Crippen LogP contribution in [-0.2, 0) is 6.42 Å². The second-order valence-corrected chi connectivity index (χ2v) is 5.75. The zero-order chi connectivity index (χ0) is 14.8. The van der Waals surface area contributed by atoms with E-state index in [2.05, 4.69) is 22.4 Å². The fourth-order valence-corrected chi connectivity index (χ4v) is 2.72. The first kappa shape index (κ1) is 14.5. The highest BCUT2D eigenvalue weighted by molar-refractivity contribution is 6.33. The summed E-state index contributed by atoms with van der Waals surface area (Å²) in [5.74, 6) is 1.31. The van der Waals surface area contributed by atoms with Gasteiger partial charge in [0, 0.05) is 18.0 Å². The largest absolute Gasteiger partial charge is 0.339 e. The molecule has 3 rings (SSSR count). The lowest BCUT2D eigenvalue weighted by atomic mass is 10.1. The Bertz CT molecular complexity index is 627. The van der Waals surface area contributed by atoms with Gasteiger partial charge in [-0.3, -0.25) is 0 Å². The maximum absolute atomic E-state index is 13.1. The van der Waals surface area contributed by atoms with Crippen molar-refractivity contribution in [3.8, 4) is 11.4 Å². The molecule has 21 heavy (non-hydrogen) atoms. The van der Waals surface area contributed by atoms with E-state index in [4.69, 9.17) is 16.1 Å². The lowest BCUT2D eigenvalue weighted by Crippen LogP contribution is -2.33. The minimum atomic E-state index is -0.381. The fourth-order valence-electron chi connectivity index (χ4n) is 2.47. The number of hydrogen-bond donors (Lipinski definition) is 1. The molecular weight excluding hydrogens is 293 g/mol. The van der Waals surface area contributed by atoms with Gasteiger partial charge in [-0.25, -0.2) is 4.39 Å². The van der Waals surface area contributed by atoms with E-state index in [1.807, 2.05) is 0 Å². The minimum absolute atomic E-state index is 0.285. The first-order valence-corrected chi connectivity index (χ1v) is 7.56. The molecule has 1 aliphatic rings. The third kappa shape index (κ3) is 3.41. The standard InChI is InChI=1S/C15H17ClFN3O/c1-2-18-13(9-3-4-9)8-14-19-15(20-21-14)11-6-5-10(17)7-12(11)16/h5-7,9,13,18H,2-4,8H2,1H3. The highest BCUT2D eigenvalue weighted by atomic mass is 35.5. The normalized spacial score (nSPS) is 16.1. The zero-order valence-corrected chi connectivity index (χ0v) is 12.5. The molecule has 0 spiro atoms. The number of halogens is 2. The van der Waals surface area contributed by atoms with E-state index < -0.39 is 0 Å². The SMILES string of the molecule is CCNC(Cc1nc(-c2ccc(F)cc2Cl)no1)C1CC1. The average molecular weight is 310 g/mol. The van der Waals surface area contributed by atoms with Crippen molar-refractivity contribution in [2.45, 2.75) is 32.2 Å². The molecule has 1 aromatic heterocycles. The molecule has 1 aromatic carbocycles. The molecule has 0 aliphatic heterocycles. The summed E-state index contributed by atoms with van der Waals surface area (Å²) < 4.78 is 18.4. The van der Waals surface area contributed by atoms with Gasteiger partial charge in [-0.05, 0) is 43.5 Å². The molecule has 2 aromatic rings. The highest BCUT2D eigenvalue weighted by Gasteiger charge is 2.32. The number of rotatable bonds is 6. The first-order valence-electron chi connectivity index (χ1n) is 7.18. The van der Waals surface area contributed by atoms with E-state index in [-0.39, 0.29) is 10.8 Å². The summed E-state index contributed by atoms with van der Waals surface area (Å²) in [7, 11) is 0. The Kier molecular flexibility index (Phi) is 4.22. The molecule has 4 nitrogen and oxygen atoms in total. The van der Waals surface area contributed by atoms with Crippen LogP contribution >= 0.6 is 11.6 Å². The van der Waals surface area contributed by atoms with Gasteiger partial charge in [0.15, 0.2) is 0 Å². The lowest BCUT2D eigenvalue weighted by molar-refractivity contribution is 0.348. The number of aromatic nitrogens is 2. The van der Waals surface area contributed by atoms with Crippen LogP contribution in [-0.4, -0.2) is 22.7 Å². The summed E-state index contributed by atoms with van der Waals surface area (Å²) in [4.78, 5) is 4.38. The van der Waals surface area contributed by atoms with Gasteiger partial charge in [-0.15, -0.1) is 0 Å². The van der Waals surface area contributed by atoms with Crippen LogP contribution in [0.2, 0.25) is 5.02 Å². The summed E-state index contributed by atoms with van der Waals surface area (Å²) in [6.07, 6.45) is 3.22. The molecule has 0 amide bonds. The highest BCUT2D eigenvalue weighted by Crippen LogP contribution is 2.34. The topological polar surface area (TPSA) is 51.0 Å². The van der Waals surface area contributed by atoms with Gasteiger partial charge >= 0.3 is 0 Å². The van der Waals surface area contributed by atoms with E-state index in [1.165, 1.54) is 25.0 Å². The minimum Gasteiger partial charge on any atom is -0.339 e. The third-order valence-electron chi connectivity index (χ3n) is 3.69. The van der Waals surface area contributed by atoms with Crippen molar-refractivity contribution in [3.63, 3.8) is 0 Å².